The number of aromatic amines is 1. The first-order valence-electron chi connectivity index (χ1n) is 4.63. The predicted octanol–water partition coefficient (Wildman–Crippen LogP) is 0.415. The minimum absolute atomic E-state index is 0.359. The van der Waals surface area contributed by atoms with Crippen LogP contribution in [0.25, 0.3) is 0 Å². The van der Waals surface area contributed by atoms with E-state index in [0.717, 1.165) is 25.2 Å². The van der Waals surface area contributed by atoms with E-state index in [2.05, 4.69) is 10.2 Å². The van der Waals surface area contributed by atoms with E-state index in [1.165, 1.54) is 11.3 Å². The van der Waals surface area contributed by atoms with Gasteiger partial charge in [0.2, 0.25) is 0 Å². The molecule has 0 saturated carbocycles. The van der Waals surface area contributed by atoms with Crippen LogP contribution in [0.3, 0.4) is 0 Å². The van der Waals surface area contributed by atoms with E-state index in [4.69, 9.17) is 0 Å². The second-order valence-electron chi connectivity index (χ2n) is 3.62. The van der Waals surface area contributed by atoms with Crippen LogP contribution in [0.5, 0.6) is 0 Å². The lowest BCUT2D eigenvalue weighted by Gasteiger charge is -2.29. The summed E-state index contributed by atoms with van der Waals surface area (Å²) in [6.45, 7) is 5.53. The predicted molar refractivity (Wildman–Crippen MR) is 49.1 cm³/mol. The fourth-order valence-electron chi connectivity index (χ4n) is 1.78. The summed E-state index contributed by atoms with van der Waals surface area (Å²) in [5, 5.41) is 16.6. The zero-order chi connectivity index (χ0) is 9.42. The number of fused-ring (bicyclic) bond motifs is 1. The zero-order valence-electron chi connectivity index (χ0n) is 8.04. The van der Waals surface area contributed by atoms with E-state index < -0.39 is 0 Å². The largest absolute Gasteiger partial charge is 0.379 e. The summed E-state index contributed by atoms with van der Waals surface area (Å²) >= 11 is 0. The third-order valence-electron chi connectivity index (χ3n) is 2.70. The number of aryl methyl sites for hydroxylation is 1. The Morgan fingerprint density at radius 1 is 1.62 bits per heavy atom. The van der Waals surface area contributed by atoms with Crippen LogP contribution in [0.4, 0.5) is 0 Å². The van der Waals surface area contributed by atoms with Crippen molar-refractivity contribution < 1.29 is 5.11 Å². The lowest BCUT2D eigenvalue weighted by molar-refractivity contribution is 0.00891. The van der Waals surface area contributed by atoms with Crippen molar-refractivity contribution in [2.75, 3.05) is 6.54 Å². The van der Waals surface area contributed by atoms with Crippen LogP contribution in [0.2, 0.25) is 0 Å². The van der Waals surface area contributed by atoms with Gasteiger partial charge in [-0.05, 0) is 13.8 Å². The van der Waals surface area contributed by atoms with Gasteiger partial charge in [-0.3, -0.25) is 10.00 Å². The molecule has 4 nitrogen and oxygen atoms in total. The summed E-state index contributed by atoms with van der Waals surface area (Å²) in [5.74, 6) is 0. The molecule has 1 aliphatic rings. The zero-order valence-corrected chi connectivity index (χ0v) is 8.04. The van der Waals surface area contributed by atoms with Crippen LogP contribution >= 0.6 is 0 Å². The molecule has 0 bridgehead atoms. The van der Waals surface area contributed by atoms with Gasteiger partial charge in [0, 0.05) is 30.8 Å². The van der Waals surface area contributed by atoms with Crippen LogP contribution in [0.15, 0.2) is 0 Å². The van der Waals surface area contributed by atoms with Gasteiger partial charge in [-0.15, -0.1) is 0 Å². The van der Waals surface area contributed by atoms with Crippen molar-refractivity contribution in [3.05, 3.63) is 17.0 Å². The Labute approximate surface area is 77.6 Å². The molecule has 0 spiro atoms. The standard InChI is InChI=1S/C9H15N3O/c1-6-8-5-12(7(2)13)4-3-9(8)11-10-6/h7,13H,3-5H2,1-2H3,(H,10,11). The van der Waals surface area contributed by atoms with Crippen LogP contribution in [-0.4, -0.2) is 33.0 Å². The van der Waals surface area contributed by atoms with Gasteiger partial charge < -0.3 is 5.11 Å². The maximum atomic E-state index is 9.43. The number of hydrogen-bond acceptors (Lipinski definition) is 3. The van der Waals surface area contributed by atoms with Gasteiger partial charge in [0.15, 0.2) is 0 Å². The summed E-state index contributed by atoms with van der Waals surface area (Å²) in [5.41, 5.74) is 3.54. The first-order valence-corrected chi connectivity index (χ1v) is 4.63. The fraction of sp³-hybridized carbons (Fsp3) is 0.667. The minimum atomic E-state index is -0.359. The van der Waals surface area contributed by atoms with Crippen molar-refractivity contribution in [1.82, 2.24) is 15.1 Å². The SMILES string of the molecule is Cc1n[nH]c2c1CN(C(C)O)CC2. The average molecular weight is 181 g/mol. The molecule has 0 radical (unpaired) electrons. The molecule has 1 atom stereocenters. The number of H-pyrrole nitrogens is 1. The molecule has 1 aliphatic heterocycles. The van der Waals surface area contributed by atoms with E-state index in [-0.39, 0.29) is 6.23 Å². The molecule has 13 heavy (non-hydrogen) atoms. The maximum absolute atomic E-state index is 9.43. The highest BCUT2D eigenvalue weighted by Gasteiger charge is 2.22. The second-order valence-corrected chi connectivity index (χ2v) is 3.62. The van der Waals surface area contributed by atoms with Crippen LogP contribution in [-0.2, 0) is 13.0 Å². The maximum Gasteiger partial charge on any atom is 0.104 e. The van der Waals surface area contributed by atoms with Crippen molar-refractivity contribution >= 4 is 0 Å². The topological polar surface area (TPSA) is 52.2 Å². The van der Waals surface area contributed by atoms with Gasteiger partial charge in [0.05, 0.1) is 5.69 Å². The van der Waals surface area contributed by atoms with Gasteiger partial charge >= 0.3 is 0 Å². The number of aromatic nitrogens is 2. The normalized spacial score (nSPS) is 19.9. The Morgan fingerprint density at radius 2 is 2.38 bits per heavy atom. The summed E-state index contributed by atoms with van der Waals surface area (Å²) in [7, 11) is 0. The first kappa shape index (κ1) is 8.72. The Kier molecular flexibility index (Phi) is 2.09. The van der Waals surface area contributed by atoms with Gasteiger partial charge in [0.1, 0.15) is 6.23 Å². The van der Waals surface area contributed by atoms with E-state index in [0.29, 0.717) is 0 Å². The molecular formula is C9H15N3O. The number of nitrogens with zero attached hydrogens (tertiary/aromatic N) is 2. The monoisotopic (exact) mass is 181 g/mol. The molecule has 4 heteroatoms. The van der Waals surface area contributed by atoms with Gasteiger partial charge in [-0.2, -0.15) is 5.10 Å². The number of hydrogen-bond donors (Lipinski definition) is 2. The minimum Gasteiger partial charge on any atom is -0.379 e. The number of aliphatic hydroxyl groups is 1. The second kappa shape index (κ2) is 3.12. The molecule has 1 aromatic heterocycles. The molecule has 1 unspecified atom stereocenters. The number of rotatable bonds is 1. The third-order valence-corrected chi connectivity index (χ3v) is 2.70. The number of nitrogens with one attached hydrogen (secondary N) is 1. The van der Waals surface area contributed by atoms with E-state index >= 15 is 0 Å². The Hall–Kier alpha value is -0.870. The highest BCUT2D eigenvalue weighted by atomic mass is 16.3. The van der Waals surface area contributed by atoms with Gasteiger partial charge in [0.25, 0.3) is 0 Å². The molecule has 0 saturated heterocycles. The smallest absolute Gasteiger partial charge is 0.104 e. The summed E-state index contributed by atoms with van der Waals surface area (Å²) < 4.78 is 0. The molecular weight excluding hydrogens is 166 g/mol. The van der Waals surface area contributed by atoms with E-state index in [9.17, 15) is 5.11 Å². The fourth-order valence-corrected chi connectivity index (χ4v) is 1.78. The highest BCUT2D eigenvalue weighted by molar-refractivity contribution is 5.26. The van der Waals surface area contributed by atoms with Crippen LogP contribution in [0, 0.1) is 6.92 Å². The molecule has 0 amide bonds. The number of aliphatic hydroxyl groups excluding tert-OH is 1. The van der Waals surface area contributed by atoms with Crippen molar-refractivity contribution in [3.8, 4) is 0 Å². The summed E-state index contributed by atoms with van der Waals surface area (Å²) in [6, 6.07) is 0. The van der Waals surface area contributed by atoms with E-state index in [1.54, 1.807) is 6.92 Å². The van der Waals surface area contributed by atoms with Crippen LogP contribution < -0.4 is 0 Å². The van der Waals surface area contributed by atoms with Crippen molar-refractivity contribution in [3.63, 3.8) is 0 Å². The van der Waals surface area contributed by atoms with Gasteiger partial charge in [-0.1, -0.05) is 0 Å². The molecule has 2 heterocycles. The quantitative estimate of drug-likeness (QED) is 0.660. The molecule has 0 aromatic carbocycles. The lowest BCUT2D eigenvalue weighted by Crippen LogP contribution is -2.37. The van der Waals surface area contributed by atoms with Crippen molar-refractivity contribution in [2.24, 2.45) is 0 Å². The highest BCUT2D eigenvalue weighted by Crippen LogP contribution is 2.20. The molecule has 2 rings (SSSR count). The van der Waals surface area contributed by atoms with Crippen molar-refractivity contribution in [2.45, 2.75) is 33.0 Å². The third kappa shape index (κ3) is 1.47. The summed E-state index contributed by atoms with van der Waals surface area (Å²) in [4.78, 5) is 2.05. The molecule has 72 valence electrons. The molecule has 0 fully saturated rings. The summed E-state index contributed by atoms with van der Waals surface area (Å²) in [6.07, 6.45) is 0.601. The van der Waals surface area contributed by atoms with Crippen molar-refractivity contribution in [1.29, 1.82) is 0 Å². The van der Waals surface area contributed by atoms with Gasteiger partial charge in [-0.25, -0.2) is 0 Å². The molecule has 2 N–H and O–H groups in total. The molecule has 0 aliphatic carbocycles. The lowest BCUT2D eigenvalue weighted by atomic mass is 10.1. The average Bonchev–Trinajstić information content (AvgIpc) is 2.47. The van der Waals surface area contributed by atoms with E-state index in [1.807, 2.05) is 11.8 Å². The molecule has 1 aromatic rings. The van der Waals surface area contributed by atoms with Crippen LogP contribution in [0.1, 0.15) is 23.9 Å². The Bertz CT molecular complexity index is 306. The Balaban J connectivity index is 2.22. The Morgan fingerprint density at radius 3 is 3.08 bits per heavy atom. The first-order chi connectivity index (χ1) is 6.18.